The molecule has 1 N–H and O–H groups in total. The highest BCUT2D eigenvalue weighted by atomic mass is 35.5. The fraction of sp³-hybridized carbons (Fsp3) is 0.250. The summed E-state index contributed by atoms with van der Waals surface area (Å²) in [5, 5.41) is 4.25. The van der Waals surface area contributed by atoms with E-state index < -0.39 is 9.84 Å². The first-order chi connectivity index (χ1) is 12.7. The number of anilines is 1. The maximum Gasteiger partial charge on any atom is 0.208 e. The van der Waals surface area contributed by atoms with Crippen molar-refractivity contribution in [1.29, 1.82) is 0 Å². The lowest BCUT2D eigenvalue weighted by Crippen LogP contribution is -2.28. The van der Waals surface area contributed by atoms with Crippen molar-refractivity contribution < 1.29 is 8.42 Å². The maximum atomic E-state index is 12.9. The Hall–Kier alpha value is -2.15. The number of nitrogens with one attached hydrogen (secondary N) is 1. The normalized spacial score (nSPS) is 15.2. The van der Waals surface area contributed by atoms with Crippen LogP contribution in [0.5, 0.6) is 0 Å². The Kier molecular flexibility index (Phi) is 5.99. The smallest absolute Gasteiger partial charge is 0.208 e. The lowest BCUT2D eigenvalue weighted by Gasteiger charge is -2.23. The predicted molar refractivity (Wildman–Crippen MR) is 111 cm³/mol. The van der Waals surface area contributed by atoms with Crippen LogP contribution >= 0.6 is 12.4 Å². The Balaban J connectivity index is 0.00000210. The van der Waals surface area contributed by atoms with Crippen molar-refractivity contribution in [3.63, 3.8) is 0 Å². The van der Waals surface area contributed by atoms with Crippen molar-refractivity contribution in [3.8, 4) is 0 Å². The zero-order valence-corrected chi connectivity index (χ0v) is 16.5. The topological polar surface area (TPSA) is 62.3 Å². The standard InChI is InChI=1S/C20H21N3O2S.ClH/c24-26(25,17-7-2-1-3-8-17)18-14-16-6-4-9-19(20(16)22-15-18)23-12-5-10-21-11-13-23;/h1-4,6-9,14-15,21H,5,10-13H2;1H. The number of pyridine rings is 1. The molecule has 0 radical (unpaired) electrons. The highest BCUT2D eigenvalue weighted by Crippen LogP contribution is 2.29. The Morgan fingerprint density at radius 3 is 2.56 bits per heavy atom. The van der Waals surface area contributed by atoms with Gasteiger partial charge >= 0.3 is 0 Å². The molecule has 0 amide bonds. The number of halogens is 1. The van der Waals surface area contributed by atoms with E-state index in [-0.39, 0.29) is 22.2 Å². The summed E-state index contributed by atoms with van der Waals surface area (Å²) in [6.07, 6.45) is 2.56. The highest BCUT2D eigenvalue weighted by molar-refractivity contribution is 7.91. The largest absolute Gasteiger partial charge is 0.368 e. The monoisotopic (exact) mass is 403 g/mol. The van der Waals surface area contributed by atoms with Gasteiger partial charge in [-0.2, -0.15) is 0 Å². The number of rotatable bonds is 3. The molecule has 1 fully saturated rings. The quantitative estimate of drug-likeness (QED) is 0.727. The summed E-state index contributed by atoms with van der Waals surface area (Å²) in [4.78, 5) is 7.37. The molecule has 4 rings (SSSR count). The number of benzene rings is 2. The van der Waals surface area contributed by atoms with Crippen molar-refractivity contribution in [2.24, 2.45) is 0 Å². The van der Waals surface area contributed by atoms with Crippen molar-refractivity contribution in [2.45, 2.75) is 16.2 Å². The first kappa shape index (κ1) is 19.6. The molecule has 27 heavy (non-hydrogen) atoms. The number of nitrogens with zero attached hydrogens (tertiary/aromatic N) is 2. The van der Waals surface area contributed by atoms with Gasteiger partial charge in [-0.05, 0) is 37.2 Å². The van der Waals surface area contributed by atoms with Crippen molar-refractivity contribution in [2.75, 3.05) is 31.1 Å². The van der Waals surface area contributed by atoms with Gasteiger partial charge in [0.25, 0.3) is 0 Å². The minimum absolute atomic E-state index is 0. The van der Waals surface area contributed by atoms with Gasteiger partial charge in [-0.3, -0.25) is 4.98 Å². The van der Waals surface area contributed by atoms with E-state index in [4.69, 9.17) is 0 Å². The average Bonchev–Trinajstić information content (AvgIpc) is 2.97. The Morgan fingerprint density at radius 1 is 0.926 bits per heavy atom. The molecule has 3 aromatic rings. The van der Waals surface area contributed by atoms with Gasteiger partial charge in [0.2, 0.25) is 9.84 Å². The molecule has 0 aliphatic carbocycles. The molecule has 0 spiro atoms. The Labute approximate surface area is 165 Å². The van der Waals surface area contributed by atoms with Crippen molar-refractivity contribution in [3.05, 3.63) is 60.8 Å². The Bertz CT molecular complexity index is 1020. The van der Waals surface area contributed by atoms with Crippen molar-refractivity contribution >= 4 is 38.8 Å². The van der Waals surface area contributed by atoms with Gasteiger partial charge in [-0.15, -0.1) is 12.4 Å². The molecule has 0 saturated carbocycles. The van der Waals surface area contributed by atoms with E-state index in [1.54, 1.807) is 36.4 Å². The molecule has 2 aromatic carbocycles. The van der Waals surface area contributed by atoms with Crippen LogP contribution in [0.4, 0.5) is 5.69 Å². The summed E-state index contributed by atoms with van der Waals surface area (Å²) in [5.41, 5.74) is 1.91. The second-order valence-electron chi connectivity index (χ2n) is 6.43. The molecular weight excluding hydrogens is 382 g/mol. The lowest BCUT2D eigenvalue weighted by atomic mass is 10.1. The van der Waals surface area contributed by atoms with Crippen LogP contribution in [0, 0.1) is 0 Å². The minimum Gasteiger partial charge on any atom is -0.368 e. The van der Waals surface area contributed by atoms with Gasteiger partial charge in [0, 0.05) is 31.2 Å². The van der Waals surface area contributed by atoms with E-state index in [0.29, 0.717) is 0 Å². The summed E-state index contributed by atoms with van der Waals surface area (Å²) >= 11 is 0. The van der Waals surface area contributed by atoms with Crippen LogP contribution < -0.4 is 10.2 Å². The SMILES string of the molecule is Cl.O=S(=O)(c1ccccc1)c1cnc2c(N3CCCNCC3)cccc2c1. The molecule has 1 aromatic heterocycles. The molecule has 0 bridgehead atoms. The molecule has 1 aliphatic rings. The Morgan fingerprint density at radius 2 is 1.74 bits per heavy atom. The summed E-state index contributed by atoms with van der Waals surface area (Å²) in [6, 6.07) is 16.2. The number of fused-ring (bicyclic) bond motifs is 1. The number of sulfone groups is 1. The molecule has 0 unspecified atom stereocenters. The molecule has 1 aliphatic heterocycles. The van der Waals surface area contributed by atoms with E-state index >= 15 is 0 Å². The zero-order chi connectivity index (χ0) is 18.0. The third-order valence-electron chi connectivity index (χ3n) is 4.71. The van der Waals surface area contributed by atoms with Gasteiger partial charge in [-0.1, -0.05) is 30.3 Å². The summed E-state index contributed by atoms with van der Waals surface area (Å²) in [6.45, 7) is 3.85. The fourth-order valence-corrected chi connectivity index (χ4v) is 4.61. The number of aromatic nitrogens is 1. The zero-order valence-electron chi connectivity index (χ0n) is 14.8. The number of hydrogen-bond acceptors (Lipinski definition) is 5. The van der Waals surface area contributed by atoms with E-state index in [0.717, 1.165) is 49.2 Å². The van der Waals surface area contributed by atoms with E-state index in [2.05, 4.69) is 21.3 Å². The average molecular weight is 404 g/mol. The predicted octanol–water partition coefficient (Wildman–Crippen LogP) is 3.29. The molecule has 7 heteroatoms. The number of para-hydroxylation sites is 1. The maximum absolute atomic E-state index is 12.9. The summed E-state index contributed by atoms with van der Waals surface area (Å²) in [7, 11) is -3.56. The van der Waals surface area contributed by atoms with Gasteiger partial charge in [-0.25, -0.2) is 8.42 Å². The van der Waals surface area contributed by atoms with Gasteiger partial charge in [0.15, 0.2) is 0 Å². The molecule has 1 saturated heterocycles. The van der Waals surface area contributed by atoms with Gasteiger partial charge in [0.05, 0.1) is 21.0 Å². The lowest BCUT2D eigenvalue weighted by molar-refractivity contribution is 0.596. The third-order valence-corrected chi connectivity index (χ3v) is 6.45. The first-order valence-corrected chi connectivity index (χ1v) is 10.3. The van der Waals surface area contributed by atoms with Crippen LogP contribution in [0.1, 0.15) is 6.42 Å². The molecule has 142 valence electrons. The van der Waals surface area contributed by atoms with Crippen LogP contribution in [-0.2, 0) is 9.84 Å². The third kappa shape index (κ3) is 3.93. The number of hydrogen-bond donors (Lipinski definition) is 1. The molecule has 2 heterocycles. The van der Waals surface area contributed by atoms with Crippen LogP contribution in [-0.4, -0.2) is 39.6 Å². The molecule has 0 atom stereocenters. The molecule has 5 nitrogen and oxygen atoms in total. The van der Waals surface area contributed by atoms with Gasteiger partial charge < -0.3 is 10.2 Å². The molecular formula is C20H22ClN3O2S. The second-order valence-corrected chi connectivity index (χ2v) is 8.38. The van der Waals surface area contributed by atoms with Crippen LogP contribution in [0.15, 0.2) is 70.6 Å². The van der Waals surface area contributed by atoms with E-state index in [1.165, 1.54) is 6.20 Å². The van der Waals surface area contributed by atoms with Crippen LogP contribution in [0.3, 0.4) is 0 Å². The minimum atomic E-state index is -3.56. The van der Waals surface area contributed by atoms with Crippen LogP contribution in [0.25, 0.3) is 10.9 Å². The second kappa shape index (κ2) is 8.25. The van der Waals surface area contributed by atoms with E-state index in [1.807, 2.05) is 12.1 Å². The van der Waals surface area contributed by atoms with Crippen LogP contribution in [0.2, 0.25) is 0 Å². The summed E-state index contributed by atoms with van der Waals surface area (Å²) < 4.78 is 25.7. The summed E-state index contributed by atoms with van der Waals surface area (Å²) in [5.74, 6) is 0. The first-order valence-electron chi connectivity index (χ1n) is 8.81. The van der Waals surface area contributed by atoms with Gasteiger partial charge in [0.1, 0.15) is 0 Å². The highest BCUT2D eigenvalue weighted by Gasteiger charge is 2.19. The van der Waals surface area contributed by atoms with Crippen molar-refractivity contribution in [1.82, 2.24) is 10.3 Å². The fourth-order valence-electron chi connectivity index (χ4n) is 3.35. The van der Waals surface area contributed by atoms with E-state index in [9.17, 15) is 8.42 Å².